The fraction of sp³-hybridized carbons (Fsp3) is 0.900. The Bertz CT molecular complexity index is 175. The standard InChI is InChI=1S/C10H21N3/c1-8(6-10(11)12)13(2)7-9-4-3-5-9/h8-9H,3-7H2,1-2H3,(H3,11,12). The third-order valence-electron chi connectivity index (χ3n) is 3.04. The Morgan fingerprint density at radius 1 is 1.62 bits per heavy atom. The maximum absolute atomic E-state index is 7.21. The van der Waals surface area contributed by atoms with E-state index in [9.17, 15) is 0 Å². The predicted octanol–water partition coefficient (Wildman–Crippen LogP) is 1.43. The average Bonchev–Trinajstić information content (AvgIpc) is 1.94. The summed E-state index contributed by atoms with van der Waals surface area (Å²) in [6, 6.07) is 0.415. The van der Waals surface area contributed by atoms with Crippen molar-refractivity contribution in [2.75, 3.05) is 13.6 Å². The maximum Gasteiger partial charge on any atom is 0.0920 e. The third-order valence-corrected chi connectivity index (χ3v) is 3.04. The molecule has 0 aliphatic heterocycles. The minimum atomic E-state index is 0.299. The second-order valence-electron chi connectivity index (χ2n) is 4.31. The van der Waals surface area contributed by atoms with Crippen LogP contribution in [-0.2, 0) is 0 Å². The first-order valence-electron chi connectivity index (χ1n) is 5.12. The number of nitrogens with zero attached hydrogens (tertiary/aromatic N) is 1. The Labute approximate surface area is 80.8 Å². The van der Waals surface area contributed by atoms with E-state index in [0.717, 1.165) is 5.92 Å². The molecule has 3 N–H and O–H groups in total. The van der Waals surface area contributed by atoms with Crippen molar-refractivity contribution in [3.63, 3.8) is 0 Å². The van der Waals surface area contributed by atoms with Gasteiger partial charge >= 0.3 is 0 Å². The number of rotatable bonds is 5. The summed E-state index contributed by atoms with van der Waals surface area (Å²) < 4.78 is 0. The fourth-order valence-electron chi connectivity index (χ4n) is 1.74. The van der Waals surface area contributed by atoms with Gasteiger partial charge < -0.3 is 10.6 Å². The van der Waals surface area contributed by atoms with Gasteiger partial charge in [0.15, 0.2) is 0 Å². The summed E-state index contributed by atoms with van der Waals surface area (Å²) in [7, 11) is 2.13. The second-order valence-corrected chi connectivity index (χ2v) is 4.31. The molecule has 0 aromatic rings. The molecule has 0 aromatic heterocycles. The topological polar surface area (TPSA) is 53.1 Å². The van der Waals surface area contributed by atoms with Crippen molar-refractivity contribution in [2.24, 2.45) is 11.7 Å². The summed E-state index contributed by atoms with van der Waals surface area (Å²) in [5.74, 6) is 1.20. The number of nitrogens with two attached hydrogens (primary N) is 1. The number of amidine groups is 1. The first-order chi connectivity index (χ1) is 6.09. The van der Waals surface area contributed by atoms with Crippen LogP contribution in [0.25, 0.3) is 0 Å². The molecular weight excluding hydrogens is 162 g/mol. The molecule has 0 saturated heterocycles. The molecule has 1 atom stereocenters. The van der Waals surface area contributed by atoms with E-state index in [-0.39, 0.29) is 0 Å². The number of hydrogen-bond acceptors (Lipinski definition) is 2. The summed E-state index contributed by atoms with van der Waals surface area (Å²) in [6.07, 6.45) is 4.87. The third kappa shape index (κ3) is 3.35. The molecule has 0 radical (unpaired) electrons. The molecule has 3 heteroatoms. The molecule has 76 valence electrons. The highest BCUT2D eigenvalue weighted by atomic mass is 15.1. The molecule has 1 fully saturated rings. The van der Waals surface area contributed by atoms with Crippen LogP contribution in [0.3, 0.4) is 0 Å². The van der Waals surface area contributed by atoms with Crippen LogP contribution in [0.1, 0.15) is 32.6 Å². The SMILES string of the molecule is CC(CC(=N)N)N(C)CC1CCC1. The largest absolute Gasteiger partial charge is 0.388 e. The lowest BCUT2D eigenvalue weighted by molar-refractivity contribution is 0.172. The van der Waals surface area contributed by atoms with E-state index in [1.807, 2.05) is 0 Å². The molecule has 1 aliphatic rings. The summed E-state index contributed by atoms with van der Waals surface area (Å²) in [5, 5.41) is 7.21. The molecular formula is C10H21N3. The van der Waals surface area contributed by atoms with E-state index in [4.69, 9.17) is 11.1 Å². The van der Waals surface area contributed by atoms with Crippen molar-refractivity contribution in [3.05, 3.63) is 0 Å². The Kier molecular flexibility index (Phi) is 3.72. The molecule has 1 saturated carbocycles. The molecule has 0 spiro atoms. The van der Waals surface area contributed by atoms with Crippen molar-refractivity contribution >= 4 is 5.84 Å². The minimum absolute atomic E-state index is 0.299. The van der Waals surface area contributed by atoms with Gasteiger partial charge in [-0.1, -0.05) is 6.42 Å². The number of nitrogens with one attached hydrogen (secondary N) is 1. The summed E-state index contributed by atoms with van der Waals surface area (Å²) in [6.45, 7) is 3.31. The molecule has 0 aromatic carbocycles. The van der Waals surface area contributed by atoms with Crippen LogP contribution in [-0.4, -0.2) is 30.4 Å². The predicted molar refractivity (Wildman–Crippen MR) is 56.0 cm³/mol. The molecule has 13 heavy (non-hydrogen) atoms. The zero-order valence-corrected chi connectivity index (χ0v) is 8.71. The molecule has 0 heterocycles. The minimum Gasteiger partial charge on any atom is -0.388 e. The van der Waals surface area contributed by atoms with Gasteiger partial charge in [0.2, 0.25) is 0 Å². The van der Waals surface area contributed by atoms with E-state index in [2.05, 4.69) is 18.9 Å². The van der Waals surface area contributed by atoms with Crippen molar-refractivity contribution in [1.82, 2.24) is 4.90 Å². The van der Waals surface area contributed by atoms with Gasteiger partial charge in [-0.2, -0.15) is 0 Å². The quantitative estimate of drug-likeness (QED) is 0.500. The highest BCUT2D eigenvalue weighted by Gasteiger charge is 2.21. The highest BCUT2D eigenvalue weighted by Crippen LogP contribution is 2.27. The van der Waals surface area contributed by atoms with E-state index in [1.54, 1.807) is 0 Å². The van der Waals surface area contributed by atoms with Crippen LogP contribution < -0.4 is 5.73 Å². The van der Waals surface area contributed by atoms with Gasteiger partial charge in [-0.3, -0.25) is 5.41 Å². The van der Waals surface area contributed by atoms with E-state index >= 15 is 0 Å². The van der Waals surface area contributed by atoms with Crippen molar-refractivity contribution < 1.29 is 0 Å². The van der Waals surface area contributed by atoms with Gasteiger partial charge in [-0.05, 0) is 32.7 Å². The molecule has 1 aliphatic carbocycles. The van der Waals surface area contributed by atoms with Gasteiger partial charge in [0, 0.05) is 19.0 Å². The Balaban J connectivity index is 2.20. The molecule has 3 nitrogen and oxygen atoms in total. The molecule has 1 rings (SSSR count). The van der Waals surface area contributed by atoms with Crippen molar-refractivity contribution in [1.29, 1.82) is 5.41 Å². The normalized spacial score (nSPS) is 19.9. The number of hydrogen-bond donors (Lipinski definition) is 2. The Hall–Kier alpha value is -0.570. The van der Waals surface area contributed by atoms with Crippen LogP contribution in [0.2, 0.25) is 0 Å². The zero-order chi connectivity index (χ0) is 9.84. The fourth-order valence-corrected chi connectivity index (χ4v) is 1.74. The van der Waals surface area contributed by atoms with Gasteiger partial charge in [0.05, 0.1) is 5.84 Å². The maximum atomic E-state index is 7.21. The lowest BCUT2D eigenvalue weighted by Crippen LogP contribution is -2.37. The van der Waals surface area contributed by atoms with Crippen LogP contribution in [0, 0.1) is 11.3 Å². The molecule has 1 unspecified atom stereocenters. The Morgan fingerprint density at radius 2 is 2.23 bits per heavy atom. The average molecular weight is 183 g/mol. The van der Waals surface area contributed by atoms with Gasteiger partial charge in [-0.15, -0.1) is 0 Å². The summed E-state index contributed by atoms with van der Waals surface area (Å²) in [4.78, 5) is 2.32. The summed E-state index contributed by atoms with van der Waals surface area (Å²) in [5.41, 5.74) is 5.37. The monoisotopic (exact) mass is 183 g/mol. The first-order valence-corrected chi connectivity index (χ1v) is 5.12. The van der Waals surface area contributed by atoms with E-state index in [0.29, 0.717) is 18.3 Å². The van der Waals surface area contributed by atoms with Crippen molar-refractivity contribution in [3.8, 4) is 0 Å². The van der Waals surface area contributed by atoms with Gasteiger partial charge in [0.25, 0.3) is 0 Å². The first kappa shape index (κ1) is 10.5. The van der Waals surface area contributed by atoms with Crippen LogP contribution >= 0.6 is 0 Å². The van der Waals surface area contributed by atoms with Crippen molar-refractivity contribution in [2.45, 2.75) is 38.6 Å². The lowest BCUT2D eigenvalue weighted by Gasteiger charge is -2.33. The second kappa shape index (κ2) is 4.61. The molecule has 0 bridgehead atoms. The Morgan fingerprint density at radius 3 is 2.62 bits per heavy atom. The van der Waals surface area contributed by atoms with E-state index in [1.165, 1.54) is 25.8 Å². The van der Waals surface area contributed by atoms with E-state index < -0.39 is 0 Å². The smallest absolute Gasteiger partial charge is 0.0920 e. The summed E-state index contributed by atoms with van der Waals surface area (Å²) >= 11 is 0. The van der Waals surface area contributed by atoms with Crippen LogP contribution in [0.5, 0.6) is 0 Å². The highest BCUT2D eigenvalue weighted by molar-refractivity contribution is 5.77. The van der Waals surface area contributed by atoms with Gasteiger partial charge in [-0.25, -0.2) is 0 Å². The lowest BCUT2D eigenvalue weighted by atomic mass is 9.85. The van der Waals surface area contributed by atoms with Crippen LogP contribution in [0.15, 0.2) is 0 Å². The van der Waals surface area contributed by atoms with Crippen LogP contribution in [0.4, 0.5) is 0 Å². The molecule has 0 amide bonds. The zero-order valence-electron chi connectivity index (χ0n) is 8.71. The van der Waals surface area contributed by atoms with Gasteiger partial charge in [0.1, 0.15) is 0 Å².